The van der Waals surface area contributed by atoms with Crippen molar-refractivity contribution in [3.05, 3.63) is 57.3 Å². The van der Waals surface area contributed by atoms with E-state index in [-0.39, 0.29) is 0 Å². The van der Waals surface area contributed by atoms with E-state index < -0.39 is 0 Å². The summed E-state index contributed by atoms with van der Waals surface area (Å²) >= 11 is 1.86. The fraction of sp³-hybridized carbons (Fsp3) is 0.444. The van der Waals surface area contributed by atoms with Gasteiger partial charge in [-0.2, -0.15) is 0 Å². The van der Waals surface area contributed by atoms with Gasteiger partial charge < -0.3 is 5.32 Å². The quantitative estimate of drug-likeness (QED) is 0.848. The number of likely N-dealkylation sites (N-methyl/N-ethyl adjacent to an activating group) is 1. The van der Waals surface area contributed by atoms with Crippen LogP contribution in [0.4, 0.5) is 0 Å². The molecule has 1 aromatic carbocycles. The minimum Gasteiger partial charge on any atom is -0.310 e. The Labute approximate surface area is 126 Å². The molecule has 3 rings (SSSR count). The van der Waals surface area contributed by atoms with Crippen LogP contribution in [-0.4, -0.2) is 6.54 Å². The van der Waals surface area contributed by atoms with Gasteiger partial charge in [-0.15, -0.1) is 11.3 Å². The Hall–Kier alpha value is -1.12. The number of hydrogen-bond donors (Lipinski definition) is 1. The molecule has 1 nitrogen and oxygen atoms in total. The van der Waals surface area contributed by atoms with Crippen LogP contribution in [-0.2, 0) is 6.42 Å². The van der Waals surface area contributed by atoms with Gasteiger partial charge >= 0.3 is 0 Å². The third kappa shape index (κ3) is 2.68. The summed E-state index contributed by atoms with van der Waals surface area (Å²) in [4.78, 5) is 1.41. The first-order chi connectivity index (χ1) is 9.79. The monoisotopic (exact) mass is 285 g/mol. The summed E-state index contributed by atoms with van der Waals surface area (Å²) in [6, 6.07) is 11.8. The van der Waals surface area contributed by atoms with Crippen LogP contribution in [0.2, 0.25) is 0 Å². The zero-order chi connectivity index (χ0) is 13.9. The van der Waals surface area contributed by atoms with E-state index in [0.29, 0.717) is 12.0 Å². The molecule has 0 saturated carbocycles. The van der Waals surface area contributed by atoms with Gasteiger partial charge in [0.15, 0.2) is 0 Å². The predicted molar refractivity (Wildman–Crippen MR) is 87.6 cm³/mol. The van der Waals surface area contributed by atoms with E-state index in [1.165, 1.54) is 29.7 Å². The molecule has 2 heteroatoms. The van der Waals surface area contributed by atoms with Gasteiger partial charge in [-0.3, -0.25) is 0 Å². The van der Waals surface area contributed by atoms with E-state index >= 15 is 0 Å². The summed E-state index contributed by atoms with van der Waals surface area (Å²) in [5, 5.41) is 6.06. The number of hydrogen-bond acceptors (Lipinski definition) is 2. The molecule has 20 heavy (non-hydrogen) atoms. The van der Waals surface area contributed by atoms with Crippen molar-refractivity contribution in [3.63, 3.8) is 0 Å². The SMILES string of the molecule is CCNC(c1csc(C)c1)C1CCCc2ccccc21. The Kier molecular flexibility index (Phi) is 4.23. The van der Waals surface area contributed by atoms with E-state index in [1.807, 2.05) is 11.3 Å². The average molecular weight is 285 g/mol. The predicted octanol–water partition coefficient (Wildman–Crippen LogP) is 4.83. The highest BCUT2D eigenvalue weighted by Gasteiger charge is 2.28. The van der Waals surface area contributed by atoms with Crippen molar-refractivity contribution < 1.29 is 0 Å². The van der Waals surface area contributed by atoms with Crippen molar-refractivity contribution in [2.24, 2.45) is 0 Å². The van der Waals surface area contributed by atoms with Crippen molar-refractivity contribution in [3.8, 4) is 0 Å². The fourth-order valence-corrected chi connectivity index (χ4v) is 4.22. The van der Waals surface area contributed by atoms with Crippen LogP contribution < -0.4 is 5.32 Å². The lowest BCUT2D eigenvalue weighted by molar-refractivity contribution is 0.409. The molecule has 0 spiro atoms. The molecule has 106 valence electrons. The minimum absolute atomic E-state index is 0.464. The molecule has 2 unspecified atom stereocenters. The first kappa shape index (κ1) is 13.8. The number of benzene rings is 1. The summed E-state index contributed by atoms with van der Waals surface area (Å²) in [5.41, 5.74) is 4.59. The van der Waals surface area contributed by atoms with E-state index in [0.717, 1.165) is 6.54 Å². The summed E-state index contributed by atoms with van der Waals surface area (Å²) in [6.45, 7) is 5.44. The largest absolute Gasteiger partial charge is 0.310 e. The Morgan fingerprint density at radius 2 is 2.20 bits per heavy atom. The molecule has 0 saturated heterocycles. The number of aryl methyl sites for hydroxylation is 2. The van der Waals surface area contributed by atoms with Crippen molar-refractivity contribution in [2.75, 3.05) is 6.54 Å². The van der Waals surface area contributed by atoms with E-state index in [2.05, 4.69) is 54.9 Å². The van der Waals surface area contributed by atoms with Gasteiger partial charge in [-0.05, 0) is 60.9 Å². The smallest absolute Gasteiger partial charge is 0.0397 e. The maximum atomic E-state index is 3.73. The van der Waals surface area contributed by atoms with Crippen LogP contribution in [0.3, 0.4) is 0 Å². The van der Waals surface area contributed by atoms with Crippen molar-refractivity contribution in [1.82, 2.24) is 5.32 Å². The van der Waals surface area contributed by atoms with Gasteiger partial charge in [0.2, 0.25) is 0 Å². The lowest BCUT2D eigenvalue weighted by Gasteiger charge is -2.32. The maximum absolute atomic E-state index is 3.73. The molecule has 0 amide bonds. The molecule has 0 aliphatic heterocycles. The standard InChI is InChI=1S/C18H23NS/c1-3-19-18(15-11-13(2)20-12-15)17-10-6-8-14-7-4-5-9-16(14)17/h4-5,7,9,11-12,17-19H,3,6,8,10H2,1-2H3. The molecule has 1 aliphatic carbocycles. The minimum atomic E-state index is 0.464. The van der Waals surface area contributed by atoms with Gasteiger partial charge in [0, 0.05) is 16.8 Å². The molecule has 0 radical (unpaired) electrons. The summed E-state index contributed by atoms with van der Waals surface area (Å²) in [6.07, 6.45) is 3.85. The molecule has 1 N–H and O–H groups in total. The third-order valence-electron chi connectivity index (χ3n) is 4.35. The van der Waals surface area contributed by atoms with Crippen LogP contribution in [0.25, 0.3) is 0 Å². The first-order valence-electron chi connectivity index (χ1n) is 7.66. The van der Waals surface area contributed by atoms with E-state index in [1.54, 1.807) is 11.1 Å². The van der Waals surface area contributed by atoms with Crippen LogP contribution >= 0.6 is 11.3 Å². The number of thiophene rings is 1. The van der Waals surface area contributed by atoms with Crippen molar-refractivity contribution in [2.45, 2.75) is 45.1 Å². The zero-order valence-electron chi connectivity index (χ0n) is 12.4. The maximum Gasteiger partial charge on any atom is 0.0397 e. The van der Waals surface area contributed by atoms with Crippen LogP contribution in [0.1, 0.15) is 53.3 Å². The second-order valence-electron chi connectivity index (χ2n) is 5.72. The second-order valence-corrected chi connectivity index (χ2v) is 6.84. The van der Waals surface area contributed by atoms with Crippen LogP contribution in [0.15, 0.2) is 35.7 Å². The average Bonchev–Trinajstić information content (AvgIpc) is 2.91. The molecule has 2 atom stereocenters. The van der Waals surface area contributed by atoms with Gasteiger partial charge in [0.1, 0.15) is 0 Å². The lowest BCUT2D eigenvalue weighted by Crippen LogP contribution is -2.29. The third-order valence-corrected chi connectivity index (χ3v) is 5.23. The van der Waals surface area contributed by atoms with Gasteiger partial charge in [0.25, 0.3) is 0 Å². The number of rotatable bonds is 4. The molecule has 0 fully saturated rings. The molecule has 1 heterocycles. The zero-order valence-corrected chi connectivity index (χ0v) is 13.2. The van der Waals surface area contributed by atoms with Gasteiger partial charge in [-0.25, -0.2) is 0 Å². The Morgan fingerprint density at radius 3 is 2.95 bits per heavy atom. The Balaban J connectivity index is 1.96. The molecule has 1 aromatic heterocycles. The Morgan fingerprint density at radius 1 is 1.35 bits per heavy atom. The summed E-state index contributed by atoms with van der Waals surface area (Å²) in [5.74, 6) is 0.619. The summed E-state index contributed by atoms with van der Waals surface area (Å²) in [7, 11) is 0. The highest BCUT2D eigenvalue weighted by molar-refractivity contribution is 7.10. The van der Waals surface area contributed by atoms with Crippen LogP contribution in [0.5, 0.6) is 0 Å². The normalized spacial score (nSPS) is 19.6. The molecular weight excluding hydrogens is 262 g/mol. The molecule has 0 bridgehead atoms. The topological polar surface area (TPSA) is 12.0 Å². The first-order valence-corrected chi connectivity index (χ1v) is 8.53. The van der Waals surface area contributed by atoms with Gasteiger partial charge in [0.05, 0.1) is 0 Å². The molecular formula is C18H23NS. The van der Waals surface area contributed by atoms with E-state index in [9.17, 15) is 0 Å². The second kappa shape index (κ2) is 6.11. The van der Waals surface area contributed by atoms with Crippen molar-refractivity contribution in [1.29, 1.82) is 0 Å². The lowest BCUT2D eigenvalue weighted by atomic mass is 9.77. The van der Waals surface area contributed by atoms with Crippen LogP contribution in [0, 0.1) is 6.92 Å². The Bertz CT molecular complexity index is 572. The molecule has 1 aliphatic rings. The number of fused-ring (bicyclic) bond motifs is 1. The fourth-order valence-electron chi connectivity index (χ4n) is 3.48. The number of nitrogens with one attached hydrogen (secondary N) is 1. The highest BCUT2D eigenvalue weighted by atomic mass is 32.1. The van der Waals surface area contributed by atoms with Gasteiger partial charge in [-0.1, -0.05) is 31.2 Å². The summed E-state index contributed by atoms with van der Waals surface area (Å²) < 4.78 is 0. The van der Waals surface area contributed by atoms with E-state index in [4.69, 9.17) is 0 Å². The van der Waals surface area contributed by atoms with Crippen molar-refractivity contribution >= 4 is 11.3 Å². The highest BCUT2D eigenvalue weighted by Crippen LogP contribution is 2.41. The molecule has 2 aromatic rings.